The topological polar surface area (TPSA) is 67.5 Å². The third-order valence-electron chi connectivity index (χ3n) is 4.59. The van der Waals surface area contributed by atoms with Gasteiger partial charge in [-0.15, -0.1) is 0 Å². The first kappa shape index (κ1) is 18.0. The summed E-state index contributed by atoms with van der Waals surface area (Å²) in [5.74, 6) is 2.20. The van der Waals surface area contributed by atoms with Gasteiger partial charge in [-0.05, 0) is 36.4 Å². The van der Waals surface area contributed by atoms with Crippen molar-refractivity contribution in [3.63, 3.8) is 0 Å². The van der Waals surface area contributed by atoms with Crippen LogP contribution in [0.2, 0.25) is 0 Å². The van der Waals surface area contributed by atoms with Gasteiger partial charge in [-0.25, -0.2) is 4.98 Å². The van der Waals surface area contributed by atoms with E-state index in [1.807, 2.05) is 30.3 Å². The van der Waals surface area contributed by atoms with Crippen molar-refractivity contribution in [1.82, 2.24) is 14.9 Å². The minimum absolute atomic E-state index is 0.104. The van der Waals surface area contributed by atoms with Crippen LogP contribution in [-0.2, 0) is 13.1 Å². The van der Waals surface area contributed by atoms with Crippen LogP contribution in [0.25, 0.3) is 10.9 Å². The Kier molecular flexibility index (Phi) is 5.13. The van der Waals surface area contributed by atoms with Crippen LogP contribution >= 0.6 is 15.9 Å². The molecule has 2 heterocycles. The number of aromatic nitrogens is 2. The van der Waals surface area contributed by atoms with Gasteiger partial charge in [0.15, 0.2) is 11.5 Å². The van der Waals surface area contributed by atoms with Gasteiger partial charge in [-0.3, -0.25) is 9.69 Å². The highest BCUT2D eigenvalue weighted by Crippen LogP contribution is 2.36. The zero-order valence-electron chi connectivity index (χ0n) is 15.0. The molecule has 1 aliphatic heterocycles. The molecule has 27 heavy (non-hydrogen) atoms. The summed E-state index contributed by atoms with van der Waals surface area (Å²) in [5, 5.41) is 0.610. The summed E-state index contributed by atoms with van der Waals surface area (Å²) in [6.07, 6.45) is 0. The molecule has 6 nitrogen and oxygen atoms in total. The average Bonchev–Trinajstić information content (AvgIpc) is 2.68. The molecule has 0 fully saturated rings. The van der Waals surface area contributed by atoms with E-state index < -0.39 is 0 Å². The van der Waals surface area contributed by atoms with Gasteiger partial charge in [0.2, 0.25) is 0 Å². The number of aromatic amines is 1. The van der Waals surface area contributed by atoms with Gasteiger partial charge in [0.1, 0.15) is 19.0 Å². The number of hydrogen-bond donors (Lipinski definition) is 1. The molecule has 0 bridgehead atoms. The van der Waals surface area contributed by atoms with Crippen molar-refractivity contribution < 1.29 is 9.47 Å². The van der Waals surface area contributed by atoms with E-state index in [0.29, 0.717) is 43.0 Å². The van der Waals surface area contributed by atoms with E-state index in [0.717, 1.165) is 28.1 Å². The highest BCUT2D eigenvalue weighted by Gasteiger charge is 2.17. The van der Waals surface area contributed by atoms with Crippen LogP contribution in [0, 0.1) is 0 Å². The molecule has 7 heteroatoms. The van der Waals surface area contributed by atoms with Crippen LogP contribution in [-0.4, -0.2) is 34.6 Å². The second-order valence-electron chi connectivity index (χ2n) is 6.42. The van der Waals surface area contributed by atoms with Crippen LogP contribution in [0.4, 0.5) is 0 Å². The molecule has 0 amide bonds. The average molecular weight is 430 g/mol. The molecule has 1 N–H and O–H groups in total. The second-order valence-corrected chi connectivity index (χ2v) is 7.27. The standard InChI is InChI=1S/C20H20BrN3O3/c1-2-24(11-13-9-17-18(10-15(13)21)27-8-7-26-17)12-19-22-16-6-4-3-5-14(16)20(25)23-19/h3-6,9-10H,2,7-8,11-12H2,1H3,(H,22,23,25). The van der Waals surface area contributed by atoms with E-state index in [4.69, 9.17) is 9.47 Å². The number of benzene rings is 2. The number of nitrogens with one attached hydrogen (secondary N) is 1. The normalized spacial score (nSPS) is 13.3. The molecule has 4 rings (SSSR count). The predicted molar refractivity (Wildman–Crippen MR) is 107 cm³/mol. The Morgan fingerprint density at radius 3 is 2.67 bits per heavy atom. The Balaban J connectivity index is 1.57. The lowest BCUT2D eigenvalue weighted by Gasteiger charge is -2.23. The first-order chi connectivity index (χ1) is 13.1. The van der Waals surface area contributed by atoms with Crippen molar-refractivity contribution in [2.75, 3.05) is 19.8 Å². The molecule has 1 aromatic heterocycles. The first-order valence-electron chi connectivity index (χ1n) is 8.92. The number of H-pyrrole nitrogens is 1. The lowest BCUT2D eigenvalue weighted by Crippen LogP contribution is -2.25. The van der Waals surface area contributed by atoms with Crippen molar-refractivity contribution in [3.8, 4) is 11.5 Å². The first-order valence-corrected chi connectivity index (χ1v) is 9.71. The Morgan fingerprint density at radius 2 is 1.89 bits per heavy atom. The third kappa shape index (κ3) is 3.84. The van der Waals surface area contributed by atoms with Crippen LogP contribution < -0.4 is 15.0 Å². The van der Waals surface area contributed by atoms with Crippen molar-refractivity contribution in [2.24, 2.45) is 0 Å². The highest BCUT2D eigenvalue weighted by molar-refractivity contribution is 9.10. The van der Waals surface area contributed by atoms with E-state index in [1.54, 1.807) is 6.07 Å². The van der Waals surface area contributed by atoms with Gasteiger partial charge in [0.05, 0.1) is 17.4 Å². The summed E-state index contributed by atoms with van der Waals surface area (Å²) >= 11 is 3.63. The van der Waals surface area contributed by atoms with Crippen molar-refractivity contribution in [1.29, 1.82) is 0 Å². The monoisotopic (exact) mass is 429 g/mol. The summed E-state index contributed by atoms with van der Waals surface area (Å²) in [6.45, 7) is 5.29. The van der Waals surface area contributed by atoms with Crippen LogP contribution in [0.1, 0.15) is 18.3 Å². The van der Waals surface area contributed by atoms with Gasteiger partial charge >= 0.3 is 0 Å². The smallest absolute Gasteiger partial charge is 0.258 e. The molecule has 2 aromatic carbocycles. The van der Waals surface area contributed by atoms with Gasteiger partial charge in [0.25, 0.3) is 5.56 Å². The van der Waals surface area contributed by atoms with Crippen molar-refractivity contribution >= 4 is 26.8 Å². The van der Waals surface area contributed by atoms with Gasteiger partial charge in [0, 0.05) is 11.0 Å². The maximum atomic E-state index is 12.3. The number of para-hydroxylation sites is 1. The SMILES string of the molecule is CCN(Cc1nc2ccccc2c(=O)[nH]1)Cc1cc2c(cc1Br)OCCO2. The Bertz CT molecular complexity index is 1030. The molecule has 3 aromatic rings. The van der Waals surface area contributed by atoms with E-state index in [-0.39, 0.29) is 5.56 Å². The summed E-state index contributed by atoms with van der Waals surface area (Å²) in [4.78, 5) is 22.0. The molecule has 0 aliphatic carbocycles. The Morgan fingerprint density at radius 1 is 1.15 bits per heavy atom. The van der Waals surface area contributed by atoms with E-state index in [2.05, 4.69) is 37.7 Å². The number of hydrogen-bond acceptors (Lipinski definition) is 5. The minimum Gasteiger partial charge on any atom is -0.486 e. The molecule has 0 radical (unpaired) electrons. The van der Waals surface area contributed by atoms with Gasteiger partial charge in [-0.2, -0.15) is 0 Å². The fourth-order valence-electron chi connectivity index (χ4n) is 3.17. The zero-order valence-corrected chi connectivity index (χ0v) is 16.6. The minimum atomic E-state index is -0.104. The van der Waals surface area contributed by atoms with E-state index >= 15 is 0 Å². The molecule has 140 valence electrons. The Labute approximate surface area is 165 Å². The number of fused-ring (bicyclic) bond motifs is 2. The quantitative estimate of drug-likeness (QED) is 0.672. The number of nitrogens with zero attached hydrogens (tertiary/aromatic N) is 2. The molecular formula is C20H20BrN3O3. The largest absolute Gasteiger partial charge is 0.486 e. The molecule has 0 saturated heterocycles. The summed E-state index contributed by atoms with van der Waals surface area (Å²) in [6, 6.07) is 11.3. The second kappa shape index (κ2) is 7.70. The number of halogens is 1. The van der Waals surface area contributed by atoms with Crippen molar-refractivity contribution in [2.45, 2.75) is 20.0 Å². The molecule has 0 atom stereocenters. The summed E-state index contributed by atoms with van der Waals surface area (Å²) in [5.41, 5.74) is 1.71. The molecule has 0 unspecified atom stereocenters. The van der Waals surface area contributed by atoms with Crippen LogP contribution in [0.5, 0.6) is 11.5 Å². The van der Waals surface area contributed by atoms with E-state index in [1.165, 1.54) is 0 Å². The highest BCUT2D eigenvalue weighted by atomic mass is 79.9. The summed E-state index contributed by atoms with van der Waals surface area (Å²) in [7, 11) is 0. The maximum absolute atomic E-state index is 12.3. The summed E-state index contributed by atoms with van der Waals surface area (Å²) < 4.78 is 12.3. The van der Waals surface area contributed by atoms with Crippen LogP contribution in [0.3, 0.4) is 0 Å². The lowest BCUT2D eigenvalue weighted by molar-refractivity contribution is 0.170. The zero-order chi connectivity index (χ0) is 18.8. The third-order valence-corrected chi connectivity index (χ3v) is 5.33. The molecule has 1 aliphatic rings. The fraction of sp³-hybridized carbons (Fsp3) is 0.300. The Hall–Kier alpha value is -2.38. The number of ether oxygens (including phenoxy) is 2. The lowest BCUT2D eigenvalue weighted by atomic mass is 10.1. The number of rotatable bonds is 5. The predicted octanol–water partition coefficient (Wildman–Crippen LogP) is 3.48. The fourth-order valence-corrected chi connectivity index (χ4v) is 3.62. The van der Waals surface area contributed by atoms with Gasteiger partial charge < -0.3 is 14.5 Å². The van der Waals surface area contributed by atoms with Crippen LogP contribution in [0.15, 0.2) is 45.7 Å². The van der Waals surface area contributed by atoms with E-state index in [9.17, 15) is 4.79 Å². The molecule has 0 spiro atoms. The van der Waals surface area contributed by atoms with Gasteiger partial charge in [-0.1, -0.05) is 35.0 Å². The molecule has 0 saturated carbocycles. The van der Waals surface area contributed by atoms with Crippen molar-refractivity contribution in [3.05, 3.63) is 62.6 Å². The molecular weight excluding hydrogens is 410 g/mol. The maximum Gasteiger partial charge on any atom is 0.258 e.